The highest BCUT2D eigenvalue weighted by molar-refractivity contribution is 5.52. The summed E-state index contributed by atoms with van der Waals surface area (Å²) >= 11 is 0. The van der Waals surface area contributed by atoms with Gasteiger partial charge >= 0.3 is 0 Å². The van der Waals surface area contributed by atoms with Gasteiger partial charge in [-0.3, -0.25) is 0 Å². The molecule has 1 aromatic rings. The molecule has 1 fully saturated rings. The van der Waals surface area contributed by atoms with E-state index >= 15 is 0 Å². The van der Waals surface area contributed by atoms with Crippen LogP contribution in [-0.2, 0) is 4.74 Å². The zero-order valence-electron chi connectivity index (χ0n) is 11.3. The lowest BCUT2D eigenvalue weighted by atomic mass is 9.97. The Kier molecular flexibility index (Phi) is 3.01. The minimum Gasteiger partial charge on any atom is -0.485 e. The summed E-state index contributed by atoms with van der Waals surface area (Å²) in [5, 5.41) is 0. The van der Waals surface area contributed by atoms with E-state index in [4.69, 9.17) is 15.2 Å². The smallest absolute Gasteiger partial charge is 0.142 e. The Bertz CT molecular complexity index is 457. The number of anilines is 1. The standard InChI is InChI=1S/C14H20FNO2/c1-13(2)8-12(14(3,4)18-13)17-11-6-5-9(15)7-10(11)16/h5-7,12H,8,16H2,1-4H3. The number of hydrogen-bond acceptors (Lipinski definition) is 3. The lowest BCUT2D eigenvalue weighted by molar-refractivity contribution is -0.0845. The summed E-state index contributed by atoms with van der Waals surface area (Å²) in [6, 6.07) is 4.18. The molecule has 0 radical (unpaired) electrons. The van der Waals surface area contributed by atoms with Gasteiger partial charge < -0.3 is 15.2 Å². The van der Waals surface area contributed by atoms with Crippen molar-refractivity contribution < 1.29 is 13.9 Å². The van der Waals surface area contributed by atoms with Crippen molar-refractivity contribution in [2.45, 2.75) is 51.4 Å². The lowest BCUT2D eigenvalue weighted by Crippen LogP contribution is -2.36. The maximum atomic E-state index is 13.0. The van der Waals surface area contributed by atoms with Gasteiger partial charge in [-0.1, -0.05) is 0 Å². The Hall–Kier alpha value is -1.29. The van der Waals surface area contributed by atoms with E-state index in [1.807, 2.05) is 27.7 Å². The SMILES string of the molecule is CC1(C)CC(Oc2ccc(F)cc2N)C(C)(C)O1. The highest BCUT2D eigenvalue weighted by Gasteiger charge is 2.47. The van der Waals surface area contributed by atoms with Crippen LogP contribution >= 0.6 is 0 Å². The van der Waals surface area contributed by atoms with Crippen LogP contribution in [0.5, 0.6) is 5.75 Å². The zero-order chi connectivity index (χ0) is 13.6. The Morgan fingerprint density at radius 1 is 1.33 bits per heavy atom. The molecule has 0 saturated carbocycles. The molecule has 2 rings (SSSR count). The fourth-order valence-corrected chi connectivity index (χ4v) is 2.48. The molecule has 100 valence electrons. The maximum Gasteiger partial charge on any atom is 0.142 e. The molecule has 1 unspecified atom stereocenters. The summed E-state index contributed by atoms with van der Waals surface area (Å²) in [5.74, 6) is 0.151. The predicted octanol–water partition coefficient (Wildman–Crippen LogP) is 3.13. The van der Waals surface area contributed by atoms with Crippen molar-refractivity contribution in [2.75, 3.05) is 5.73 Å². The quantitative estimate of drug-likeness (QED) is 0.823. The third-order valence-corrected chi connectivity index (χ3v) is 3.23. The average molecular weight is 253 g/mol. The van der Waals surface area contributed by atoms with Crippen LogP contribution in [0.4, 0.5) is 10.1 Å². The monoisotopic (exact) mass is 253 g/mol. The third kappa shape index (κ3) is 2.58. The van der Waals surface area contributed by atoms with Crippen molar-refractivity contribution in [3.63, 3.8) is 0 Å². The molecular formula is C14H20FNO2. The van der Waals surface area contributed by atoms with E-state index < -0.39 is 0 Å². The van der Waals surface area contributed by atoms with Gasteiger partial charge in [0.2, 0.25) is 0 Å². The lowest BCUT2D eigenvalue weighted by Gasteiger charge is -2.27. The van der Waals surface area contributed by atoms with Crippen LogP contribution in [0.15, 0.2) is 18.2 Å². The normalized spacial score (nSPS) is 25.1. The topological polar surface area (TPSA) is 44.5 Å². The molecule has 0 spiro atoms. The van der Waals surface area contributed by atoms with E-state index in [0.717, 1.165) is 6.42 Å². The summed E-state index contributed by atoms with van der Waals surface area (Å²) in [7, 11) is 0. The van der Waals surface area contributed by atoms with Gasteiger partial charge in [0, 0.05) is 12.5 Å². The maximum absolute atomic E-state index is 13.0. The molecule has 4 heteroatoms. The summed E-state index contributed by atoms with van der Waals surface area (Å²) in [6.45, 7) is 8.05. The van der Waals surface area contributed by atoms with Gasteiger partial charge in [0.1, 0.15) is 23.3 Å². The van der Waals surface area contributed by atoms with Crippen LogP contribution in [-0.4, -0.2) is 17.3 Å². The van der Waals surface area contributed by atoms with E-state index in [0.29, 0.717) is 11.4 Å². The fraction of sp³-hybridized carbons (Fsp3) is 0.571. The summed E-state index contributed by atoms with van der Waals surface area (Å²) in [4.78, 5) is 0. The van der Waals surface area contributed by atoms with E-state index in [-0.39, 0.29) is 23.1 Å². The van der Waals surface area contributed by atoms with Crippen molar-refractivity contribution in [2.24, 2.45) is 0 Å². The molecule has 1 atom stereocenters. The largest absolute Gasteiger partial charge is 0.485 e. The Labute approximate surface area is 107 Å². The van der Waals surface area contributed by atoms with E-state index in [2.05, 4.69) is 0 Å². The van der Waals surface area contributed by atoms with Gasteiger partial charge in [-0.15, -0.1) is 0 Å². The van der Waals surface area contributed by atoms with Gasteiger partial charge in [0.05, 0.1) is 11.3 Å². The Balaban J connectivity index is 2.19. The summed E-state index contributed by atoms with van der Waals surface area (Å²) in [5.41, 5.74) is 5.46. The number of nitrogen functional groups attached to an aromatic ring is 1. The van der Waals surface area contributed by atoms with Crippen LogP contribution in [0.2, 0.25) is 0 Å². The number of rotatable bonds is 2. The molecule has 1 saturated heterocycles. The molecule has 1 aromatic carbocycles. The zero-order valence-corrected chi connectivity index (χ0v) is 11.3. The fourth-order valence-electron chi connectivity index (χ4n) is 2.48. The van der Waals surface area contributed by atoms with E-state index in [1.54, 1.807) is 6.07 Å². The number of ether oxygens (including phenoxy) is 2. The van der Waals surface area contributed by atoms with Gasteiger partial charge in [0.25, 0.3) is 0 Å². The van der Waals surface area contributed by atoms with E-state index in [9.17, 15) is 4.39 Å². The third-order valence-electron chi connectivity index (χ3n) is 3.23. The van der Waals surface area contributed by atoms with Crippen LogP contribution in [0.1, 0.15) is 34.1 Å². The first-order chi connectivity index (χ1) is 8.20. The van der Waals surface area contributed by atoms with Gasteiger partial charge in [-0.25, -0.2) is 4.39 Å². The first kappa shape index (κ1) is 13.1. The number of nitrogens with two attached hydrogens (primary N) is 1. The van der Waals surface area contributed by atoms with Crippen molar-refractivity contribution in [3.8, 4) is 5.75 Å². The number of benzene rings is 1. The summed E-state index contributed by atoms with van der Waals surface area (Å²) in [6.07, 6.45) is 0.678. The molecule has 0 bridgehead atoms. The van der Waals surface area contributed by atoms with Gasteiger partial charge in [-0.05, 0) is 39.8 Å². The first-order valence-electron chi connectivity index (χ1n) is 6.11. The molecule has 1 aliphatic rings. The minimum atomic E-state index is -0.385. The van der Waals surface area contributed by atoms with Crippen LogP contribution < -0.4 is 10.5 Å². The molecule has 2 N–H and O–H groups in total. The molecule has 0 aromatic heterocycles. The second kappa shape index (κ2) is 4.12. The molecule has 3 nitrogen and oxygen atoms in total. The highest BCUT2D eigenvalue weighted by atomic mass is 19.1. The second-order valence-corrected chi connectivity index (χ2v) is 5.96. The predicted molar refractivity (Wildman–Crippen MR) is 69.1 cm³/mol. The van der Waals surface area contributed by atoms with Gasteiger partial charge in [-0.2, -0.15) is 0 Å². The Morgan fingerprint density at radius 2 is 2.00 bits per heavy atom. The van der Waals surface area contributed by atoms with Crippen molar-refractivity contribution in [3.05, 3.63) is 24.0 Å². The second-order valence-electron chi connectivity index (χ2n) is 5.96. The molecule has 1 heterocycles. The summed E-state index contributed by atoms with van der Waals surface area (Å²) < 4.78 is 24.8. The highest BCUT2D eigenvalue weighted by Crippen LogP contribution is 2.40. The minimum absolute atomic E-state index is 0.0970. The van der Waals surface area contributed by atoms with Crippen LogP contribution in [0, 0.1) is 5.82 Å². The first-order valence-corrected chi connectivity index (χ1v) is 6.11. The van der Waals surface area contributed by atoms with Gasteiger partial charge in [0.15, 0.2) is 0 Å². The van der Waals surface area contributed by atoms with Crippen molar-refractivity contribution in [1.82, 2.24) is 0 Å². The molecule has 0 amide bonds. The van der Waals surface area contributed by atoms with Crippen LogP contribution in [0.3, 0.4) is 0 Å². The van der Waals surface area contributed by atoms with Crippen molar-refractivity contribution in [1.29, 1.82) is 0 Å². The molecule has 1 aliphatic heterocycles. The molecule has 0 aliphatic carbocycles. The van der Waals surface area contributed by atoms with E-state index in [1.165, 1.54) is 12.1 Å². The number of halogens is 1. The molecule has 18 heavy (non-hydrogen) atoms. The van der Waals surface area contributed by atoms with Crippen molar-refractivity contribution >= 4 is 5.69 Å². The average Bonchev–Trinajstić information content (AvgIpc) is 2.39. The molecular weight excluding hydrogens is 233 g/mol. The number of hydrogen-bond donors (Lipinski definition) is 1. The Morgan fingerprint density at radius 3 is 2.50 bits per heavy atom. The van der Waals surface area contributed by atoms with Crippen LogP contribution in [0.25, 0.3) is 0 Å².